The van der Waals surface area contributed by atoms with E-state index in [1.54, 1.807) is 23.1 Å². The maximum atomic E-state index is 17.4. The summed E-state index contributed by atoms with van der Waals surface area (Å²) in [6, 6.07) is 8.09. The number of benzene rings is 2. The van der Waals surface area contributed by atoms with Gasteiger partial charge in [-0.25, -0.2) is 36.9 Å². The first kappa shape index (κ1) is 40.5. The van der Waals surface area contributed by atoms with Crippen molar-refractivity contribution in [1.29, 1.82) is 0 Å². The van der Waals surface area contributed by atoms with Crippen LogP contribution in [0.3, 0.4) is 0 Å². The molecule has 1 fully saturated rings. The Morgan fingerprint density at radius 2 is 1.65 bits per heavy atom. The quantitative estimate of drug-likeness (QED) is 0.108. The van der Waals surface area contributed by atoms with Crippen LogP contribution < -0.4 is 4.90 Å². The molecule has 0 unspecified atom stereocenters. The highest BCUT2D eigenvalue weighted by molar-refractivity contribution is 7.91. The number of ether oxygens (including phenoxy) is 1. The lowest BCUT2D eigenvalue weighted by molar-refractivity contribution is 0.0199. The fraction of sp³-hybridized carbons (Fsp3) is 0.524. The molecule has 13 heteroatoms. The van der Waals surface area contributed by atoms with Crippen LogP contribution in [0.2, 0.25) is 16.6 Å². The third-order valence-corrected chi connectivity index (χ3v) is 19.3. The molecule has 294 valence electrons. The van der Waals surface area contributed by atoms with Crippen molar-refractivity contribution < 1.29 is 26.7 Å². The van der Waals surface area contributed by atoms with Gasteiger partial charge in [0.05, 0.1) is 28.4 Å². The highest BCUT2D eigenvalue weighted by atomic mass is 32.2. The summed E-state index contributed by atoms with van der Waals surface area (Å²) in [5, 5.41) is 0.973. The summed E-state index contributed by atoms with van der Waals surface area (Å²) in [5.74, 6) is 1.84. The molecule has 1 saturated heterocycles. The molecule has 2 aliphatic heterocycles. The fourth-order valence-electron chi connectivity index (χ4n) is 8.78. The Morgan fingerprint density at radius 3 is 2.27 bits per heavy atom. The number of pyridine rings is 1. The van der Waals surface area contributed by atoms with Gasteiger partial charge in [0.25, 0.3) is 0 Å². The molecular weight excluding hydrogens is 737 g/mol. The molecule has 2 atom stereocenters. The fourth-order valence-corrected chi connectivity index (χ4v) is 14.7. The molecule has 4 aromatic rings. The van der Waals surface area contributed by atoms with E-state index in [4.69, 9.17) is 9.72 Å². The van der Waals surface area contributed by atoms with Gasteiger partial charge in [0.1, 0.15) is 36.5 Å². The van der Waals surface area contributed by atoms with Crippen LogP contribution in [0.4, 0.5) is 19.4 Å². The van der Waals surface area contributed by atoms with E-state index in [-0.39, 0.29) is 40.3 Å². The van der Waals surface area contributed by atoms with Gasteiger partial charge in [-0.2, -0.15) is 0 Å². The van der Waals surface area contributed by atoms with Gasteiger partial charge in [-0.3, -0.25) is 0 Å². The third-order valence-electron chi connectivity index (χ3n) is 11.5. The molecule has 0 aliphatic carbocycles. The number of anilines is 1. The summed E-state index contributed by atoms with van der Waals surface area (Å²) in [7, 11) is -6.27. The number of fused-ring (bicyclic) bond motifs is 3. The summed E-state index contributed by atoms with van der Waals surface area (Å²) in [5.41, 5.74) is 4.71. The monoisotopic (exact) mass is 789 g/mol. The summed E-state index contributed by atoms with van der Waals surface area (Å²) in [6.45, 7) is 23.0. The topological polar surface area (TPSA) is 106 Å². The van der Waals surface area contributed by atoms with Gasteiger partial charge in [0.2, 0.25) is 15.0 Å². The summed E-state index contributed by atoms with van der Waals surface area (Å²) < 4.78 is 66.0. The number of sulfone groups is 1. The molecule has 0 saturated carbocycles. The molecule has 6 rings (SSSR count). The number of hydrogen-bond donors (Lipinski definition) is 0. The molecule has 9 nitrogen and oxygen atoms in total. The first-order chi connectivity index (χ1) is 25.7. The van der Waals surface area contributed by atoms with Crippen LogP contribution in [0.1, 0.15) is 87.4 Å². The summed E-state index contributed by atoms with van der Waals surface area (Å²) in [6.07, 6.45) is -0.0766. The van der Waals surface area contributed by atoms with E-state index in [1.807, 2.05) is 38.7 Å². The van der Waals surface area contributed by atoms with Crippen LogP contribution in [0.5, 0.6) is 0 Å². The third kappa shape index (κ3) is 7.21. The van der Waals surface area contributed by atoms with E-state index in [0.29, 0.717) is 70.1 Å². The van der Waals surface area contributed by atoms with Crippen molar-refractivity contribution in [3.63, 3.8) is 0 Å². The van der Waals surface area contributed by atoms with Crippen molar-refractivity contribution in [3.05, 3.63) is 53.2 Å². The average Bonchev–Trinajstić information content (AvgIpc) is 3.22. The van der Waals surface area contributed by atoms with Crippen molar-refractivity contribution in [2.45, 2.75) is 116 Å². The SMILES string of the molecule is CCS(=O)(=O)c1nc2c3c(nc(-c4cccc5ccc(F)c(C#C[Si](C(C)C)(C(C)C)C(C)C)c45)c(F)c3n1)C[C@H](C)[C@H]1CN(C(=O)OC(C)(C)C)CCN21. The number of carbonyl (C=O) groups excluding carboxylic acids is 1. The number of aromatic nitrogens is 3. The van der Waals surface area contributed by atoms with Crippen molar-refractivity contribution >= 4 is 51.5 Å². The molecule has 2 aromatic heterocycles. The van der Waals surface area contributed by atoms with Crippen molar-refractivity contribution in [3.8, 4) is 22.7 Å². The summed E-state index contributed by atoms with van der Waals surface area (Å²) in [4.78, 5) is 30.9. The number of halogens is 2. The van der Waals surface area contributed by atoms with E-state index in [9.17, 15) is 13.2 Å². The van der Waals surface area contributed by atoms with Crippen molar-refractivity contribution in [2.75, 3.05) is 30.3 Å². The van der Waals surface area contributed by atoms with Crippen LogP contribution in [-0.2, 0) is 21.0 Å². The van der Waals surface area contributed by atoms with Crippen molar-refractivity contribution in [2.24, 2.45) is 5.92 Å². The standard InChI is InChI=1S/C42H53F2N5O4SSi/c1-12-54(51,52)40-46-38-35-32(22-27(8)33-23-48(41(50)53-42(9,10)11)19-20-49(33)39(35)47-40)45-37(36(38)44)30-15-13-14-28-16-17-31(43)29(34(28)30)18-21-55(24(2)3,25(4)5)26(6)7/h13-17,24-27,33H,12,19-20,22-23H2,1-11H3/t27-,33+/m0/s1. The molecule has 2 aliphatic rings. The highest BCUT2D eigenvalue weighted by Crippen LogP contribution is 2.43. The largest absolute Gasteiger partial charge is 0.444 e. The normalized spacial score (nSPS) is 17.8. The molecule has 4 heterocycles. The maximum absolute atomic E-state index is 17.4. The first-order valence-corrected chi connectivity index (χ1v) is 23.2. The van der Waals surface area contributed by atoms with E-state index in [1.165, 1.54) is 13.0 Å². The number of nitrogens with zero attached hydrogens (tertiary/aromatic N) is 5. The minimum Gasteiger partial charge on any atom is -0.444 e. The Morgan fingerprint density at radius 1 is 0.982 bits per heavy atom. The second-order valence-electron chi connectivity index (χ2n) is 17.0. The lowest BCUT2D eigenvalue weighted by atomic mass is 9.93. The number of amides is 1. The van der Waals surface area contributed by atoms with Crippen molar-refractivity contribution in [1.82, 2.24) is 19.9 Å². The van der Waals surface area contributed by atoms with Crippen LogP contribution in [0.15, 0.2) is 35.5 Å². The van der Waals surface area contributed by atoms with Gasteiger partial charge in [-0.15, -0.1) is 5.54 Å². The highest BCUT2D eigenvalue weighted by Gasteiger charge is 2.43. The Kier molecular flexibility index (Phi) is 10.9. The molecule has 1 amide bonds. The first-order valence-electron chi connectivity index (χ1n) is 19.3. The Hall–Kier alpha value is -4.15. The molecular formula is C42H53F2N5O4SSi. The Labute approximate surface area is 325 Å². The number of piperazine rings is 1. The van der Waals surface area contributed by atoms with E-state index < -0.39 is 46.4 Å². The lowest BCUT2D eigenvalue weighted by Crippen LogP contribution is -2.58. The molecule has 0 bridgehead atoms. The van der Waals surface area contributed by atoms with Gasteiger partial charge in [-0.05, 0) is 61.2 Å². The van der Waals surface area contributed by atoms with Crippen LogP contribution >= 0.6 is 0 Å². The van der Waals surface area contributed by atoms with Gasteiger partial charge < -0.3 is 14.5 Å². The van der Waals surface area contributed by atoms with Crippen LogP contribution in [0.25, 0.3) is 32.9 Å². The molecule has 0 spiro atoms. The molecule has 2 aromatic carbocycles. The summed E-state index contributed by atoms with van der Waals surface area (Å²) >= 11 is 0. The average molecular weight is 790 g/mol. The Balaban J connectivity index is 1.61. The Bertz CT molecular complexity index is 2330. The van der Waals surface area contributed by atoms with Gasteiger partial charge in [0, 0.05) is 30.6 Å². The van der Waals surface area contributed by atoms with Gasteiger partial charge in [-0.1, -0.05) is 85.6 Å². The van der Waals surface area contributed by atoms with E-state index in [2.05, 4.69) is 63.0 Å². The van der Waals surface area contributed by atoms with E-state index in [0.717, 1.165) is 0 Å². The van der Waals surface area contributed by atoms with Crippen LogP contribution in [0, 0.1) is 29.0 Å². The lowest BCUT2D eigenvalue weighted by Gasteiger charge is -2.43. The number of hydrogen-bond acceptors (Lipinski definition) is 8. The smallest absolute Gasteiger partial charge is 0.410 e. The number of carbonyl (C=O) groups is 1. The van der Waals surface area contributed by atoms with Gasteiger partial charge >= 0.3 is 6.09 Å². The zero-order valence-electron chi connectivity index (χ0n) is 33.8. The number of rotatable bonds is 6. The second kappa shape index (κ2) is 14.7. The molecule has 55 heavy (non-hydrogen) atoms. The second-order valence-corrected chi connectivity index (χ2v) is 24.8. The minimum absolute atomic E-state index is 0.0613. The molecule has 0 radical (unpaired) electrons. The van der Waals surface area contributed by atoms with Crippen LogP contribution in [-0.4, -0.2) is 79.5 Å². The predicted octanol–water partition coefficient (Wildman–Crippen LogP) is 9.10. The van der Waals surface area contributed by atoms with E-state index >= 15 is 8.78 Å². The molecule has 0 N–H and O–H groups in total. The zero-order valence-corrected chi connectivity index (χ0v) is 35.7. The maximum Gasteiger partial charge on any atom is 0.410 e. The predicted molar refractivity (Wildman–Crippen MR) is 218 cm³/mol. The minimum atomic E-state index is -3.99. The zero-order chi connectivity index (χ0) is 40.4. The van der Waals surface area contributed by atoms with Gasteiger partial charge in [0.15, 0.2) is 5.82 Å².